The summed E-state index contributed by atoms with van der Waals surface area (Å²) in [5.74, 6) is -0.487. The average molecular weight is 509 g/mol. The van der Waals surface area contributed by atoms with E-state index in [9.17, 15) is 14.4 Å². The van der Waals surface area contributed by atoms with Crippen LogP contribution in [0.1, 0.15) is 29.8 Å². The molecule has 2 heterocycles. The van der Waals surface area contributed by atoms with Crippen molar-refractivity contribution in [1.82, 2.24) is 20.5 Å². The fourth-order valence-corrected chi connectivity index (χ4v) is 5.13. The van der Waals surface area contributed by atoms with Crippen molar-refractivity contribution in [2.75, 3.05) is 32.8 Å². The minimum absolute atomic E-state index is 0.113. The Kier molecular flexibility index (Phi) is 9.40. The number of para-hydroxylation sites is 1. The molecule has 1 aliphatic rings. The Hall–Kier alpha value is -3.30. The SMILES string of the molecule is O=C1CCN(C(=O)[C@H](Cc2ccccc2)NC(=O)CCc2nc3ccccc3s2)CCCOCCN1. The molecule has 1 fully saturated rings. The lowest BCUT2D eigenvalue weighted by Gasteiger charge is -2.28. The first-order valence-electron chi connectivity index (χ1n) is 12.4. The van der Waals surface area contributed by atoms with Crippen molar-refractivity contribution >= 4 is 39.3 Å². The van der Waals surface area contributed by atoms with Gasteiger partial charge >= 0.3 is 0 Å². The summed E-state index contributed by atoms with van der Waals surface area (Å²) in [4.78, 5) is 45.0. The molecular weight excluding hydrogens is 476 g/mol. The zero-order valence-electron chi connectivity index (χ0n) is 20.3. The molecule has 0 spiro atoms. The second kappa shape index (κ2) is 13.1. The smallest absolute Gasteiger partial charge is 0.245 e. The van der Waals surface area contributed by atoms with E-state index in [1.54, 1.807) is 16.2 Å². The maximum atomic E-state index is 13.6. The molecule has 1 saturated heterocycles. The van der Waals surface area contributed by atoms with Gasteiger partial charge in [-0.05, 0) is 24.1 Å². The van der Waals surface area contributed by atoms with Gasteiger partial charge in [-0.25, -0.2) is 4.98 Å². The van der Waals surface area contributed by atoms with E-state index < -0.39 is 6.04 Å². The van der Waals surface area contributed by atoms with E-state index in [-0.39, 0.29) is 30.6 Å². The van der Waals surface area contributed by atoms with E-state index in [4.69, 9.17) is 4.74 Å². The van der Waals surface area contributed by atoms with Gasteiger partial charge in [-0.1, -0.05) is 42.5 Å². The number of carbonyl (C=O) groups excluding carboxylic acids is 3. The highest BCUT2D eigenvalue weighted by Gasteiger charge is 2.27. The molecule has 1 aliphatic heterocycles. The lowest BCUT2D eigenvalue weighted by molar-refractivity contribution is -0.137. The molecule has 3 aromatic rings. The third kappa shape index (κ3) is 7.60. The monoisotopic (exact) mass is 508 g/mol. The number of carbonyl (C=O) groups is 3. The zero-order valence-corrected chi connectivity index (χ0v) is 21.1. The number of nitrogens with one attached hydrogen (secondary N) is 2. The molecule has 1 atom stereocenters. The lowest BCUT2D eigenvalue weighted by Crippen LogP contribution is -2.50. The molecule has 9 heteroatoms. The summed E-state index contributed by atoms with van der Waals surface area (Å²) in [7, 11) is 0. The zero-order chi connectivity index (χ0) is 25.2. The van der Waals surface area contributed by atoms with Crippen molar-refractivity contribution in [1.29, 1.82) is 0 Å². The van der Waals surface area contributed by atoms with Gasteiger partial charge in [0, 0.05) is 51.9 Å². The summed E-state index contributed by atoms with van der Waals surface area (Å²) < 4.78 is 6.63. The highest BCUT2D eigenvalue weighted by Crippen LogP contribution is 2.22. The van der Waals surface area contributed by atoms with Crippen molar-refractivity contribution in [3.63, 3.8) is 0 Å². The van der Waals surface area contributed by atoms with Crippen molar-refractivity contribution in [2.24, 2.45) is 0 Å². The van der Waals surface area contributed by atoms with E-state index in [0.717, 1.165) is 20.8 Å². The van der Waals surface area contributed by atoms with Gasteiger partial charge in [-0.2, -0.15) is 0 Å². The number of ether oxygens (including phenoxy) is 1. The Bertz CT molecular complexity index is 1130. The van der Waals surface area contributed by atoms with Crippen molar-refractivity contribution in [3.05, 3.63) is 65.2 Å². The summed E-state index contributed by atoms with van der Waals surface area (Å²) >= 11 is 1.58. The standard InChI is InChI=1S/C27H32N4O4S/c32-24-13-16-31(15-6-17-35-18-14-28-24)27(34)22(19-20-7-2-1-3-8-20)29-25(33)11-12-26-30-21-9-4-5-10-23(21)36-26/h1-5,7-10,22H,6,11-19H2,(H,28,32)(H,29,33)/t22-/m0/s1. The molecule has 0 unspecified atom stereocenters. The summed E-state index contributed by atoms with van der Waals surface area (Å²) in [5, 5.41) is 6.67. The third-order valence-corrected chi connectivity index (χ3v) is 7.12. The lowest BCUT2D eigenvalue weighted by atomic mass is 10.0. The molecule has 0 aliphatic carbocycles. The van der Waals surface area contributed by atoms with E-state index in [0.29, 0.717) is 52.1 Å². The largest absolute Gasteiger partial charge is 0.380 e. The molecule has 2 aromatic carbocycles. The first-order chi connectivity index (χ1) is 17.6. The molecule has 0 saturated carbocycles. The Morgan fingerprint density at radius 3 is 2.72 bits per heavy atom. The number of fused-ring (bicyclic) bond motifs is 1. The molecule has 190 valence electrons. The Balaban J connectivity index is 1.43. The summed E-state index contributed by atoms with van der Waals surface area (Å²) in [6.07, 6.45) is 2.03. The van der Waals surface area contributed by atoms with E-state index in [2.05, 4.69) is 15.6 Å². The number of benzene rings is 2. The van der Waals surface area contributed by atoms with Gasteiger partial charge in [0.2, 0.25) is 17.7 Å². The number of aryl methyl sites for hydroxylation is 1. The van der Waals surface area contributed by atoms with Crippen LogP contribution in [0.15, 0.2) is 54.6 Å². The average Bonchev–Trinajstić information content (AvgIpc) is 3.29. The van der Waals surface area contributed by atoms with Crippen LogP contribution < -0.4 is 10.6 Å². The predicted octanol–water partition coefficient (Wildman–Crippen LogP) is 2.71. The Morgan fingerprint density at radius 1 is 1.08 bits per heavy atom. The fourth-order valence-electron chi connectivity index (χ4n) is 4.16. The predicted molar refractivity (Wildman–Crippen MR) is 140 cm³/mol. The maximum Gasteiger partial charge on any atom is 0.245 e. The van der Waals surface area contributed by atoms with Crippen LogP contribution in [-0.2, 0) is 32.0 Å². The van der Waals surface area contributed by atoms with Crippen LogP contribution in [-0.4, -0.2) is 66.5 Å². The van der Waals surface area contributed by atoms with E-state index in [1.807, 2.05) is 54.6 Å². The highest BCUT2D eigenvalue weighted by atomic mass is 32.1. The van der Waals surface area contributed by atoms with Crippen LogP contribution in [0.2, 0.25) is 0 Å². The molecule has 1 aromatic heterocycles. The van der Waals surface area contributed by atoms with Gasteiger partial charge in [0.15, 0.2) is 0 Å². The fraction of sp³-hybridized carbons (Fsp3) is 0.407. The number of rotatable bonds is 7. The van der Waals surface area contributed by atoms with Crippen molar-refractivity contribution in [2.45, 2.75) is 38.1 Å². The number of amides is 3. The van der Waals surface area contributed by atoms with Crippen LogP contribution in [0, 0.1) is 0 Å². The molecule has 0 radical (unpaired) electrons. The van der Waals surface area contributed by atoms with Crippen LogP contribution in [0.4, 0.5) is 0 Å². The molecule has 8 nitrogen and oxygen atoms in total. The molecule has 3 amide bonds. The number of nitrogens with zero attached hydrogens (tertiary/aromatic N) is 2. The highest BCUT2D eigenvalue weighted by molar-refractivity contribution is 7.18. The van der Waals surface area contributed by atoms with Gasteiger partial charge in [0.1, 0.15) is 6.04 Å². The van der Waals surface area contributed by atoms with Crippen LogP contribution in [0.25, 0.3) is 10.2 Å². The second-order valence-electron chi connectivity index (χ2n) is 8.78. The Labute approximate surface area is 215 Å². The molecule has 36 heavy (non-hydrogen) atoms. The van der Waals surface area contributed by atoms with Gasteiger partial charge < -0.3 is 20.3 Å². The number of hydrogen-bond donors (Lipinski definition) is 2. The van der Waals surface area contributed by atoms with Crippen molar-refractivity contribution < 1.29 is 19.1 Å². The second-order valence-corrected chi connectivity index (χ2v) is 9.89. The van der Waals surface area contributed by atoms with Crippen LogP contribution in [0.5, 0.6) is 0 Å². The summed E-state index contributed by atoms with van der Waals surface area (Å²) in [6.45, 7) is 2.21. The number of thiazole rings is 1. The first kappa shape index (κ1) is 25.8. The molecule has 0 bridgehead atoms. The van der Waals surface area contributed by atoms with E-state index >= 15 is 0 Å². The molecule has 4 rings (SSSR count). The van der Waals surface area contributed by atoms with Crippen LogP contribution in [0.3, 0.4) is 0 Å². The number of hydrogen-bond acceptors (Lipinski definition) is 6. The van der Waals surface area contributed by atoms with Crippen LogP contribution >= 0.6 is 11.3 Å². The van der Waals surface area contributed by atoms with Crippen molar-refractivity contribution in [3.8, 4) is 0 Å². The summed E-state index contributed by atoms with van der Waals surface area (Å²) in [5.41, 5.74) is 1.89. The van der Waals surface area contributed by atoms with Gasteiger partial charge in [0.05, 0.1) is 21.8 Å². The minimum atomic E-state index is -0.718. The summed E-state index contributed by atoms with van der Waals surface area (Å²) in [6, 6.07) is 16.8. The molecule has 2 N–H and O–H groups in total. The Morgan fingerprint density at radius 2 is 1.89 bits per heavy atom. The van der Waals surface area contributed by atoms with Gasteiger partial charge in [-0.3, -0.25) is 14.4 Å². The topological polar surface area (TPSA) is 101 Å². The van der Waals surface area contributed by atoms with Gasteiger partial charge in [0.25, 0.3) is 0 Å². The first-order valence-corrected chi connectivity index (χ1v) is 13.2. The maximum absolute atomic E-state index is 13.6. The minimum Gasteiger partial charge on any atom is -0.380 e. The molecular formula is C27H32N4O4S. The number of aromatic nitrogens is 1. The third-order valence-electron chi connectivity index (χ3n) is 6.03. The normalized spacial score (nSPS) is 16.1. The van der Waals surface area contributed by atoms with E-state index in [1.165, 1.54) is 0 Å². The van der Waals surface area contributed by atoms with Gasteiger partial charge in [-0.15, -0.1) is 11.3 Å². The quantitative estimate of drug-likeness (QED) is 0.511.